The number of benzene rings is 2. The number of halogens is 1. The molecule has 0 aromatic heterocycles. The van der Waals surface area contributed by atoms with E-state index in [4.69, 9.17) is 4.74 Å². The first-order valence-corrected chi connectivity index (χ1v) is 12.2. The first-order chi connectivity index (χ1) is 15.3. The van der Waals surface area contributed by atoms with E-state index in [1.165, 1.54) is 6.42 Å². The van der Waals surface area contributed by atoms with Gasteiger partial charge >= 0.3 is 0 Å². The van der Waals surface area contributed by atoms with Gasteiger partial charge in [0.15, 0.2) is 6.61 Å². The van der Waals surface area contributed by atoms with Crippen LogP contribution < -0.4 is 10.1 Å². The zero-order chi connectivity index (χ0) is 23.1. The molecule has 0 heterocycles. The summed E-state index contributed by atoms with van der Waals surface area (Å²) in [6.07, 6.45) is 5.53. The lowest BCUT2D eigenvalue weighted by Crippen LogP contribution is -2.51. The Morgan fingerprint density at radius 3 is 2.56 bits per heavy atom. The van der Waals surface area contributed by atoms with E-state index in [-0.39, 0.29) is 24.5 Å². The molecule has 1 atom stereocenters. The number of carbonyl (C=O) groups is 2. The molecule has 1 aliphatic rings. The number of carbonyl (C=O) groups excluding carboxylic acids is 2. The van der Waals surface area contributed by atoms with Gasteiger partial charge in [-0.25, -0.2) is 0 Å². The highest BCUT2D eigenvalue weighted by molar-refractivity contribution is 9.10. The number of amides is 2. The average molecular weight is 501 g/mol. The molecule has 0 spiro atoms. The second kappa shape index (κ2) is 11.5. The van der Waals surface area contributed by atoms with E-state index in [2.05, 4.69) is 21.2 Å². The Morgan fingerprint density at radius 2 is 1.88 bits per heavy atom. The van der Waals surface area contributed by atoms with Gasteiger partial charge in [-0.05, 0) is 62.9 Å². The van der Waals surface area contributed by atoms with Crippen LogP contribution in [0, 0.1) is 13.8 Å². The van der Waals surface area contributed by atoms with Gasteiger partial charge in [-0.1, -0.05) is 65.0 Å². The molecule has 0 unspecified atom stereocenters. The SMILES string of the molecule is Cc1ccc(OCC(=O)N(Cc2cccc(Br)c2)[C@H](C)C(=O)NC2CCCCC2)c(C)c1. The highest BCUT2D eigenvalue weighted by Crippen LogP contribution is 2.21. The van der Waals surface area contributed by atoms with Gasteiger partial charge in [-0.15, -0.1) is 0 Å². The van der Waals surface area contributed by atoms with Crippen molar-refractivity contribution < 1.29 is 14.3 Å². The molecule has 0 radical (unpaired) electrons. The summed E-state index contributed by atoms with van der Waals surface area (Å²) in [5.41, 5.74) is 3.08. The molecule has 1 N–H and O–H groups in total. The summed E-state index contributed by atoms with van der Waals surface area (Å²) in [7, 11) is 0. The number of hydrogen-bond donors (Lipinski definition) is 1. The second-order valence-electron chi connectivity index (χ2n) is 8.73. The van der Waals surface area contributed by atoms with Gasteiger partial charge in [0.1, 0.15) is 11.8 Å². The fourth-order valence-electron chi connectivity index (χ4n) is 4.17. The largest absolute Gasteiger partial charge is 0.483 e. The van der Waals surface area contributed by atoms with Crippen molar-refractivity contribution in [3.63, 3.8) is 0 Å². The topological polar surface area (TPSA) is 58.6 Å². The lowest BCUT2D eigenvalue weighted by molar-refractivity contribution is -0.142. The Morgan fingerprint density at radius 1 is 1.12 bits per heavy atom. The zero-order valence-corrected chi connectivity index (χ0v) is 20.8. The normalized spacial score (nSPS) is 15.1. The van der Waals surface area contributed by atoms with Crippen molar-refractivity contribution in [3.8, 4) is 5.75 Å². The zero-order valence-electron chi connectivity index (χ0n) is 19.2. The Balaban J connectivity index is 1.72. The van der Waals surface area contributed by atoms with Crippen molar-refractivity contribution in [2.24, 2.45) is 0 Å². The van der Waals surface area contributed by atoms with Gasteiger partial charge in [0.2, 0.25) is 5.91 Å². The molecule has 172 valence electrons. The standard InChI is InChI=1S/C26H33BrN2O3/c1-18-12-13-24(19(2)14-18)32-17-25(30)29(16-21-8-7-9-22(27)15-21)20(3)26(31)28-23-10-5-4-6-11-23/h7-9,12-15,20,23H,4-6,10-11,16-17H2,1-3H3,(H,28,31)/t20-/m1/s1. The van der Waals surface area contributed by atoms with E-state index in [1.807, 2.05) is 56.3 Å². The minimum atomic E-state index is -0.592. The van der Waals surface area contributed by atoms with Gasteiger partial charge in [0, 0.05) is 17.1 Å². The van der Waals surface area contributed by atoms with E-state index in [0.717, 1.165) is 46.8 Å². The first kappa shape index (κ1) is 24.3. The number of aryl methyl sites for hydroxylation is 2. The summed E-state index contributed by atoms with van der Waals surface area (Å²) >= 11 is 3.49. The van der Waals surface area contributed by atoms with Crippen LogP contribution in [0.25, 0.3) is 0 Å². The van der Waals surface area contributed by atoms with Gasteiger partial charge in [-0.3, -0.25) is 9.59 Å². The van der Waals surface area contributed by atoms with Crippen LogP contribution in [0.2, 0.25) is 0 Å². The highest BCUT2D eigenvalue weighted by Gasteiger charge is 2.28. The molecule has 3 rings (SSSR count). The third kappa shape index (κ3) is 6.83. The summed E-state index contributed by atoms with van der Waals surface area (Å²) in [6.45, 7) is 6.01. The summed E-state index contributed by atoms with van der Waals surface area (Å²) in [6, 6.07) is 13.3. The monoisotopic (exact) mass is 500 g/mol. The van der Waals surface area contributed by atoms with Crippen LogP contribution in [-0.2, 0) is 16.1 Å². The number of nitrogens with one attached hydrogen (secondary N) is 1. The van der Waals surface area contributed by atoms with Crippen molar-refractivity contribution in [1.29, 1.82) is 0 Å². The third-order valence-corrected chi connectivity index (χ3v) is 6.54. The van der Waals surface area contributed by atoms with Crippen molar-refractivity contribution in [3.05, 3.63) is 63.6 Å². The van der Waals surface area contributed by atoms with Crippen LogP contribution in [0.3, 0.4) is 0 Å². The molecule has 0 aliphatic heterocycles. The number of rotatable bonds is 8. The number of nitrogens with zero attached hydrogens (tertiary/aromatic N) is 1. The first-order valence-electron chi connectivity index (χ1n) is 11.4. The quantitative estimate of drug-likeness (QED) is 0.534. The average Bonchev–Trinajstić information content (AvgIpc) is 2.77. The molecule has 32 heavy (non-hydrogen) atoms. The lowest BCUT2D eigenvalue weighted by atomic mass is 9.95. The van der Waals surface area contributed by atoms with Crippen LogP contribution in [0.15, 0.2) is 46.9 Å². The van der Waals surface area contributed by atoms with E-state index in [9.17, 15) is 9.59 Å². The Bertz CT molecular complexity index is 940. The highest BCUT2D eigenvalue weighted by atomic mass is 79.9. The van der Waals surface area contributed by atoms with Crippen LogP contribution in [0.1, 0.15) is 55.7 Å². The Hall–Kier alpha value is -2.34. The molecular formula is C26H33BrN2O3. The maximum absolute atomic E-state index is 13.2. The van der Waals surface area contributed by atoms with Crippen LogP contribution in [-0.4, -0.2) is 35.4 Å². The van der Waals surface area contributed by atoms with E-state index in [0.29, 0.717) is 12.3 Å². The molecule has 2 amide bonds. The van der Waals surface area contributed by atoms with E-state index in [1.54, 1.807) is 11.8 Å². The molecule has 6 heteroatoms. The fraction of sp³-hybridized carbons (Fsp3) is 0.462. The van der Waals surface area contributed by atoms with Gasteiger partial charge in [0.05, 0.1) is 0 Å². The molecular weight excluding hydrogens is 468 g/mol. The smallest absolute Gasteiger partial charge is 0.261 e. The Labute approximate surface area is 199 Å². The van der Waals surface area contributed by atoms with Gasteiger partial charge < -0.3 is 15.0 Å². The molecule has 2 aromatic rings. The van der Waals surface area contributed by atoms with Crippen molar-refractivity contribution in [2.45, 2.75) is 71.5 Å². The minimum Gasteiger partial charge on any atom is -0.483 e. The van der Waals surface area contributed by atoms with E-state index >= 15 is 0 Å². The van der Waals surface area contributed by atoms with Crippen molar-refractivity contribution >= 4 is 27.7 Å². The van der Waals surface area contributed by atoms with Crippen molar-refractivity contribution in [2.75, 3.05) is 6.61 Å². The molecule has 1 aliphatic carbocycles. The molecule has 1 saturated carbocycles. The van der Waals surface area contributed by atoms with Gasteiger partial charge in [-0.2, -0.15) is 0 Å². The van der Waals surface area contributed by atoms with Crippen LogP contribution in [0.4, 0.5) is 0 Å². The summed E-state index contributed by atoms with van der Waals surface area (Å²) in [5, 5.41) is 3.16. The maximum atomic E-state index is 13.2. The second-order valence-corrected chi connectivity index (χ2v) is 9.64. The number of ether oxygens (including phenoxy) is 1. The van der Waals surface area contributed by atoms with Crippen LogP contribution >= 0.6 is 15.9 Å². The van der Waals surface area contributed by atoms with Crippen molar-refractivity contribution in [1.82, 2.24) is 10.2 Å². The fourth-order valence-corrected chi connectivity index (χ4v) is 4.61. The lowest BCUT2D eigenvalue weighted by Gasteiger charge is -2.31. The summed E-state index contributed by atoms with van der Waals surface area (Å²) in [5.74, 6) is 0.369. The minimum absolute atomic E-state index is 0.105. The molecule has 5 nitrogen and oxygen atoms in total. The summed E-state index contributed by atoms with van der Waals surface area (Å²) < 4.78 is 6.78. The van der Waals surface area contributed by atoms with E-state index < -0.39 is 6.04 Å². The molecule has 2 aromatic carbocycles. The predicted octanol–water partition coefficient (Wildman–Crippen LogP) is 5.31. The third-order valence-electron chi connectivity index (χ3n) is 6.04. The molecule has 1 fully saturated rings. The maximum Gasteiger partial charge on any atom is 0.261 e. The number of hydrogen-bond acceptors (Lipinski definition) is 3. The predicted molar refractivity (Wildman–Crippen MR) is 131 cm³/mol. The Kier molecular flexibility index (Phi) is 8.74. The molecule has 0 saturated heterocycles. The molecule has 0 bridgehead atoms. The van der Waals surface area contributed by atoms with Gasteiger partial charge in [0.25, 0.3) is 5.91 Å². The van der Waals surface area contributed by atoms with Crippen LogP contribution in [0.5, 0.6) is 5.75 Å². The summed E-state index contributed by atoms with van der Waals surface area (Å²) in [4.78, 5) is 27.9.